The molecule has 100 valence electrons. The lowest BCUT2D eigenvalue weighted by Gasteiger charge is -2.12. The number of benzene rings is 2. The van der Waals surface area contributed by atoms with Gasteiger partial charge in [-0.05, 0) is 29.8 Å². The van der Waals surface area contributed by atoms with Crippen LogP contribution in [-0.2, 0) is 6.54 Å². The van der Waals surface area contributed by atoms with E-state index in [2.05, 4.69) is 0 Å². The van der Waals surface area contributed by atoms with Gasteiger partial charge in [-0.3, -0.25) is 0 Å². The Morgan fingerprint density at radius 1 is 1.00 bits per heavy atom. The zero-order valence-electron chi connectivity index (χ0n) is 10.9. The van der Waals surface area contributed by atoms with Crippen LogP contribution in [0.5, 0.6) is 11.5 Å². The molecule has 0 aromatic heterocycles. The van der Waals surface area contributed by atoms with Gasteiger partial charge in [0.2, 0.25) is 0 Å². The lowest BCUT2D eigenvalue weighted by Crippen LogP contribution is -2.00. The maximum Gasteiger partial charge on any atom is 0.126 e. The summed E-state index contributed by atoms with van der Waals surface area (Å²) >= 11 is 0. The van der Waals surface area contributed by atoms with Crippen LogP contribution < -0.4 is 15.2 Å². The second kappa shape index (κ2) is 5.71. The standard InChI is InChI=1S/C15H16FNO2/c1-18-14-6-5-12(16)8-13(14)10-3-4-11(9-17)15(7-10)19-2/h3-8H,9,17H2,1-2H3. The summed E-state index contributed by atoms with van der Waals surface area (Å²) in [7, 11) is 3.14. The van der Waals surface area contributed by atoms with Gasteiger partial charge in [-0.15, -0.1) is 0 Å². The van der Waals surface area contributed by atoms with E-state index in [0.29, 0.717) is 23.6 Å². The summed E-state index contributed by atoms with van der Waals surface area (Å²) in [6.07, 6.45) is 0. The zero-order valence-corrected chi connectivity index (χ0v) is 10.9. The molecular formula is C15H16FNO2. The van der Waals surface area contributed by atoms with Gasteiger partial charge in [-0.1, -0.05) is 12.1 Å². The van der Waals surface area contributed by atoms with Crippen LogP contribution in [-0.4, -0.2) is 14.2 Å². The van der Waals surface area contributed by atoms with Crippen LogP contribution in [0.4, 0.5) is 4.39 Å². The third-order valence-electron chi connectivity index (χ3n) is 2.98. The molecule has 0 fully saturated rings. The molecule has 2 N–H and O–H groups in total. The molecule has 4 heteroatoms. The highest BCUT2D eigenvalue weighted by Gasteiger charge is 2.10. The van der Waals surface area contributed by atoms with Gasteiger partial charge >= 0.3 is 0 Å². The van der Waals surface area contributed by atoms with Crippen LogP contribution in [0.3, 0.4) is 0 Å². The first-order chi connectivity index (χ1) is 9.19. The van der Waals surface area contributed by atoms with Gasteiger partial charge in [-0.2, -0.15) is 0 Å². The summed E-state index contributed by atoms with van der Waals surface area (Å²) in [6, 6.07) is 10.00. The van der Waals surface area contributed by atoms with Gasteiger partial charge in [0.05, 0.1) is 14.2 Å². The summed E-state index contributed by atoms with van der Waals surface area (Å²) < 4.78 is 23.9. The first kappa shape index (κ1) is 13.4. The summed E-state index contributed by atoms with van der Waals surface area (Å²) in [5.41, 5.74) is 8.04. The third-order valence-corrected chi connectivity index (χ3v) is 2.98. The second-order valence-corrected chi connectivity index (χ2v) is 4.08. The summed E-state index contributed by atoms with van der Waals surface area (Å²) in [6.45, 7) is 0.393. The summed E-state index contributed by atoms with van der Waals surface area (Å²) in [5, 5.41) is 0. The molecule has 0 radical (unpaired) electrons. The van der Waals surface area contributed by atoms with Gasteiger partial charge in [0.25, 0.3) is 0 Å². The van der Waals surface area contributed by atoms with E-state index in [4.69, 9.17) is 15.2 Å². The minimum Gasteiger partial charge on any atom is -0.496 e. The van der Waals surface area contributed by atoms with Crippen LogP contribution in [0, 0.1) is 5.82 Å². The van der Waals surface area contributed by atoms with Gasteiger partial charge in [0.1, 0.15) is 17.3 Å². The Morgan fingerprint density at radius 3 is 2.37 bits per heavy atom. The highest BCUT2D eigenvalue weighted by Crippen LogP contribution is 2.33. The SMILES string of the molecule is COc1cc(-c2cc(F)ccc2OC)ccc1CN. The van der Waals surface area contributed by atoms with Gasteiger partial charge in [0, 0.05) is 17.7 Å². The van der Waals surface area contributed by atoms with Crippen LogP contribution >= 0.6 is 0 Å². The molecule has 0 saturated carbocycles. The van der Waals surface area contributed by atoms with E-state index in [1.54, 1.807) is 20.3 Å². The van der Waals surface area contributed by atoms with E-state index in [9.17, 15) is 4.39 Å². The molecule has 0 aliphatic rings. The molecule has 0 aliphatic heterocycles. The Balaban J connectivity index is 2.55. The minimum atomic E-state index is -0.308. The molecule has 0 aliphatic carbocycles. The van der Waals surface area contributed by atoms with Crippen molar-refractivity contribution in [2.75, 3.05) is 14.2 Å². The smallest absolute Gasteiger partial charge is 0.126 e. The fraction of sp³-hybridized carbons (Fsp3) is 0.200. The predicted octanol–water partition coefficient (Wildman–Crippen LogP) is 2.97. The molecule has 0 atom stereocenters. The molecule has 0 spiro atoms. The number of hydrogen-bond acceptors (Lipinski definition) is 3. The molecule has 2 rings (SSSR count). The molecule has 0 unspecified atom stereocenters. The number of hydrogen-bond donors (Lipinski definition) is 1. The highest BCUT2D eigenvalue weighted by molar-refractivity contribution is 5.72. The summed E-state index contributed by atoms with van der Waals surface area (Å²) in [4.78, 5) is 0. The van der Waals surface area contributed by atoms with Crippen molar-refractivity contribution < 1.29 is 13.9 Å². The van der Waals surface area contributed by atoms with Gasteiger partial charge in [-0.25, -0.2) is 4.39 Å². The second-order valence-electron chi connectivity index (χ2n) is 4.08. The molecule has 0 heterocycles. The van der Waals surface area contributed by atoms with Crippen LogP contribution in [0.2, 0.25) is 0 Å². The topological polar surface area (TPSA) is 44.5 Å². The maximum atomic E-state index is 13.4. The number of ether oxygens (including phenoxy) is 2. The van der Waals surface area contributed by atoms with Crippen molar-refractivity contribution in [1.29, 1.82) is 0 Å². The molecule has 0 saturated heterocycles. The molecule has 2 aromatic rings. The van der Waals surface area contributed by atoms with Gasteiger partial charge in [0.15, 0.2) is 0 Å². The monoisotopic (exact) mass is 261 g/mol. The number of halogens is 1. The van der Waals surface area contributed by atoms with Crippen molar-refractivity contribution in [1.82, 2.24) is 0 Å². The lowest BCUT2D eigenvalue weighted by molar-refractivity contribution is 0.409. The molecular weight excluding hydrogens is 245 g/mol. The fourth-order valence-electron chi connectivity index (χ4n) is 1.99. The first-order valence-corrected chi connectivity index (χ1v) is 5.90. The third kappa shape index (κ3) is 2.69. The minimum absolute atomic E-state index is 0.308. The quantitative estimate of drug-likeness (QED) is 0.920. The van der Waals surface area contributed by atoms with Crippen molar-refractivity contribution >= 4 is 0 Å². The average Bonchev–Trinajstić information content (AvgIpc) is 2.46. The van der Waals surface area contributed by atoms with E-state index >= 15 is 0 Å². The van der Waals surface area contributed by atoms with E-state index < -0.39 is 0 Å². The van der Waals surface area contributed by atoms with Crippen molar-refractivity contribution in [3.63, 3.8) is 0 Å². The largest absolute Gasteiger partial charge is 0.496 e. The fourth-order valence-corrected chi connectivity index (χ4v) is 1.99. The Hall–Kier alpha value is -2.07. The number of rotatable bonds is 4. The molecule has 0 bridgehead atoms. The average molecular weight is 261 g/mol. The van der Waals surface area contributed by atoms with E-state index in [-0.39, 0.29) is 5.82 Å². The highest BCUT2D eigenvalue weighted by atomic mass is 19.1. The Kier molecular flexibility index (Phi) is 4.02. The first-order valence-electron chi connectivity index (χ1n) is 5.90. The van der Waals surface area contributed by atoms with Crippen molar-refractivity contribution in [3.05, 3.63) is 47.8 Å². The predicted molar refractivity (Wildman–Crippen MR) is 72.8 cm³/mol. The molecule has 2 aromatic carbocycles. The van der Waals surface area contributed by atoms with E-state index in [1.807, 2.05) is 18.2 Å². The molecule has 3 nitrogen and oxygen atoms in total. The van der Waals surface area contributed by atoms with E-state index in [0.717, 1.165) is 11.1 Å². The number of methoxy groups -OCH3 is 2. The maximum absolute atomic E-state index is 13.4. The molecule has 19 heavy (non-hydrogen) atoms. The Labute approximate surface area is 111 Å². The van der Waals surface area contributed by atoms with Crippen LogP contribution in [0.15, 0.2) is 36.4 Å². The van der Waals surface area contributed by atoms with Crippen molar-refractivity contribution in [3.8, 4) is 22.6 Å². The Bertz CT molecular complexity index is 584. The van der Waals surface area contributed by atoms with E-state index in [1.165, 1.54) is 12.1 Å². The Morgan fingerprint density at radius 2 is 1.74 bits per heavy atom. The van der Waals surface area contributed by atoms with Crippen molar-refractivity contribution in [2.45, 2.75) is 6.54 Å². The van der Waals surface area contributed by atoms with Crippen LogP contribution in [0.25, 0.3) is 11.1 Å². The normalized spacial score (nSPS) is 10.3. The van der Waals surface area contributed by atoms with Gasteiger partial charge < -0.3 is 15.2 Å². The number of nitrogens with two attached hydrogens (primary N) is 1. The van der Waals surface area contributed by atoms with Crippen LogP contribution in [0.1, 0.15) is 5.56 Å². The van der Waals surface area contributed by atoms with Crippen molar-refractivity contribution in [2.24, 2.45) is 5.73 Å². The summed E-state index contributed by atoms with van der Waals surface area (Å²) in [5.74, 6) is 0.993. The molecule has 0 amide bonds. The zero-order chi connectivity index (χ0) is 13.8. The lowest BCUT2D eigenvalue weighted by atomic mass is 10.0.